The van der Waals surface area contributed by atoms with Crippen molar-refractivity contribution in [3.63, 3.8) is 0 Å². The molecule has 0 atom stereocenters. The molecule has 0 saturated heterocycles. The highest BCUT2D eigenvalue weighted by atomic mass is 16.5. The minimum Gasteiger partial charge on any atom is -0.505 e. The lowest BCUT2D eigenvalue weighted by Crippen LogP contribution is -2.01. The van der Waals surface area contributed by atoms with Gasteiger partial charge in [0.25, 0.3) is 0 Å². The van der Waals surface area contributed by atoms with Crippen LogP contribution < -0.4 is 0 Å². The monoisotopic (exact) mass is 392 g/mol. The van der Waals surface area contributed by atoms with Crippen LogP contribution in [0.25, 0.3) is 10.8 Å². The molecule has 5 nitrogen and oxygen atoms in total. The van der Waals surface area contributed by atoms with Gasteiger partial charge in [-0.1, -0.05) is 44.7 Å². The number of hydrogen-bond acceptors (Lipinski definition) is 5. The van der Waals surface area contributed by atoms with E-state index in [1.807, 2.05) is 31.2 Å². The van der Waals surface area contributed by atoms with Crippen molar-refractivity contribution in [2.24, 2.45) is 10.2 Å². The van der Waals surface area contributed by atoms with E-state index in [9.17, 15) is 9.90 Å². The van der Waals surface area contributed by atoms with Gasteiger partial charge in [-0.2, -0.15) is 0 Å². The molecule has 0 aromatic heterocycles. The number of aromatic hydroxyl groups is 1. The van der Waals surface area contributed by atoms with Crippen LogP contribution in [0.4, 0.5) is 11.4 Å². The summed E-state index contributed by atoms with van der Waals surface area (Å²) in [4.78, 5) is 12.1. The van der Waals surface area contributed by atoms with Crippen LogP contribution in [0, 0.1) is 20.8 Å². The Morgan fingerprint density at radius 1 is 1.03 bits per heavy atom. The molecule has 0 aliphatic carbocycles. The smallest absolute Gasteiger partial charge is 0.341 e. The Labute approximate surface area is 172 Å². The van der Waals surface area contributed by atoms with Gasteiger partial charge in [-0.25, -0.2) is 4.79 Å². The van der Waals surface area contributed by atoms with Gasteiger partial charge < -0.3 is 9.84 Å². The first-order valence-electron chi connectivity index (χ1n) is 9.23. The molecule has 3 rings (SSSR count). The lowest BCUT2D eigenvalue weighted by molar-refractivity contribution is 0.0597. The first-order valence-corrected chi connectivity index (χ1v) is 9.23. The normalized spacial score (nSPS) is 10.9. The van der Waals surface area contributed by atoms with Crippen LogP contribution in [0.1, 0.15) is 47.0 Å². The van der Waals surface area contributed by atoms with Crippen molar-refractivity contribution in [3.8, 4) is 5.75 Å². The molecule has 0 aliphatic heterocycles. The maximum absolute atomic E-state index is 12.1. The Morgan fingerprint density at radius 3 is 2.34 bits per heavy atom. The van der Waals surface area contributed by atoms with Crippen molar-refractivity contribution in [1.82, 2.24) is 0 Å². The molecule has 0 radical (unpaired) electrons. The molecule has 29 heavy (non-hydrogen) atoms. The minimum absolute atomic E-state index is 0. The fourth-order valence-corrected chi connectivity index (χ4v) is 3.35. The van der Waals surface area contributed by atoms with Crippen LogP contribution in [0.3, 0.4) is 0 Å². The third-order valence-electron chi connectivity index (χ3n) is 5.24. The molecule has 0 saturated carbocycles. The summed E-state index contributed by atoms with van der Waals surface area (Å²) in [5.41, 5.74) is 5.68. The average molecular weight is 392 g/mol. The van der Waals surface area contributed by atoms with E-state index in [1.54, 1.807) is 6.07 Å². The number of phenols is 1. The Hall–Kier alpha value is -3.21. The number of phenolic OH excluding ortho intramolecular Hbond substituents is 1. The number of azo groups is 1. The van der Waals surface area contributed by atoms with E-state index in [0.29, 0.717) is 0 Å². The van der Waals surface area contributed by atoms with Crippen LogP contribution in [0.15, 0.2) is 46.6 Å². The van der Waals surface area contributed by atoms with Gasteiger partial charge in [0.15, 0.2) is 5.75 Å². The third-order valence-corrected chi connectivity index (χ3v) is 5.24. The molecule has 1 N–H and O–H groups in total. The summed E-state index contributed by atoms with van der Waals surface area (Å²) in [6, 6.07) is 11.2. The highest BCUT2D eigenvalue weighted by Gasteiger charge is 2.19. The summed E-state index contributed by atoms with van der Waals surface area (Å²) in [5, 5.41) is 21.1. The molecule has 152 valence electrons. The maximum Gasteiger partial charge on any atom is 0.341 e. The topological polar surface area (TPSA) is 71.2 Å². The van der Waals surface area contributed by atoms with Crippen LogP contribution in [-0.2, 0) is 11.2 Å². The molecular formula is C24H28N2O3. The number of nitrogens with zero attached hydrogens (tertiary/aromatic N) is 2. The largest absolute Gasteiger partial charge is 0.505 e. The second kappa shape index (κ2) is 8.86. The summed E-state index contributed by atoms with van der Waals surface area (Å²) >= 11 is 0. The number of esters is 1. The zero-order chi connectivity index (χ0) is 20.4. The van der Waals surface area contributed by atoms with Gasteiger partial charge in [0, 0.05) is 5.39 Å². The number of carbonyl (C=O) groups excluding carboxylic acids is 1. The number of fused-ring (bicyclic) bond motifs is 1. The molecule has 3 aromatic carbocycles. The average Bonchev–Trinajstić information content (AvgIpc) is 2.71. The number of carbonyl (C=O) groups is 1. The van der Waals surface area contributed by atoms with Crippen molar-refractivity contribution in [2.75, 3.05) is 7.11 Å². The Kier molecular flexibility index (Phi) is 6.75. The summed E-state index contributed by atoms with van der Waals surface area (Å²) in [5.74, 6) is -0.842. The molecule has 0 bridgehead atoms. The Balaban J connectivity index is 0.00000300. The Bertz CT molecular complexity index is 1100. The zero-order valence-corrected chi connectivity index (χ0v) is 16.8. The van der Waals surface area contributed by atoms with E-state index in [2.05, 4.69) is 37.1 Å². The van der Waals surface area contributed by atoms with Gasteiger partial charge in [0.2, 0.25) is 0 Å². The summed E-state index contributed by atoms with van der Waals surface area (Å²) in [7, 11) is 1.28. The molecule has 0 aliphatic rings. The fourth-order valence-electron chi connectivity index (χ4n) is 3.35. The van der Waals surface area contributed by atoms with E-state index in [-0.39, 0.29) is 24.4 Å². The number of aryl methyl sites for hydroxylation is 2. The molecular weight excluding hydrogens is 364 g/mol. The molecule has 5 heteroatoms. The van der Waals surface area contributed by atoms with Crippen LogP contribution >= 0.6 is 0 Å². The molecule has 0 spiro atoms. The predicted molar refractivity (Wildman–Crippen MR) is 118 cm³/mol. The maximum atomic E-state index is 12.1. The second-order valence-electron chi connectivity index (χ2n) is 6.84. The highest BCUT2D eigenvalue weighted by Crippen LogP contribution is 2.40. The standard InChI is InChI=1S/C23H24N2O3.CH4/c1-6-16-11-13(2)14(3)15(4)20(16)24-25-21-18-10-8-7-9-17(18)12-19(22(21)26)23(27)28-5;/h7-12,26H,6H2,1-5H3;1H4. The molecule has 0 heterocycles. The van der Waals surface area contributed by atoms with E-state index in [1.165, 1.54) is 18.2 Å². The second-order valence-corrected chi connectivity index (χ2v) is 6.84. The summed E-state index contributed by atoms with van der Waals surface area (Å²) in [6.07, 6.45) is 0.825. The van der Waals surface area contributed by atoms with Gasteiger partial charge in [-0.15, -0.1) is 10.2 Å². The molecule has 0 fully saturated rings. The van der Waals surface area contributed by atoms with Crippen molar-refractivity contribution in [1.29, 1.82) is 0 Å². The van der Waals surface area contributed by atoms with Gasteiger partial charge in [-0.3, -0.25) is 0 Å². The lowest BCUT2D eigenvalue weighted by Gasteiger charge is -2.13. The van der Waals surface area contributed by atoms with E-state index in [4.69, 9.17) is 4.74 Å². The van der Waals surface area contributed by atoms with E-state index < -0.39 is 5.97 Å². The zero-order valence-electron chi connectivity index (χ0n) is 16.8. The number of ether oxygens (including phenoxy) is 1. The van der Waals surface area contributed by atoms with Gasteiger partial charge in [-0.05, 0) is 60.9 Å². The lowest BCUT2D eigenvalue weighted by atomic mass is 9.97. The highest BCUT2D eigenvalue weighted by molar-refractivity contribution is 6.04. The fraction of sp³-hybridized carbons (Fsp3) is 0.292. The van der Waals surface area contributed by atoms with Gasteiger partial charge >= 0.3 is 5.97 Å². The molecule has 3 aromatic rings. The summed E-state index contributed by atoms with van der Waals surface area (Å²) < 4.78 is 4.80. The van der Waals surface area contributed by atoms with Gasteiger partial charge in [0.1, 0.15) is 11.3 Å². The van der Waals surface area contributed by atoms with Crippen LogP contribution in [0.2, 0.25) is 0 Å². The minimum atomic E-state index is -0.615. The van der Waals surface area contributed by atoms with E-state index >= 15 is 0 Å². The van der Waals surface area contributed by atoms with Crippen molar-refractivity contribution in [3.05, 3.63) is 64.2 Å². The first kappa shape index (κ1) is 22.1. The third kappa shape index (κ3) is 3.99. The van der Waals surface area contributed by atoms with Crippen molar-refractivity contribution >= 4 is 28.1 Å². The van der Waals surface area contributed by atoms with E-state index in [0.717, 1.165) is 34.0 Å². The van der Waals surface area contributed by atoms with Crippen molar-refractivity contribution in [2.45, 2.75) is 41.5 Å². The molecule has 0 unspecified atom stereocenters. The number of methoxy groups -OCH3 is 1. The first-order chi connectivity index (χ1) is 13.4. The van der Waals surface area contributed by atoms with Crippen LogP contribution in [-0.4, -0.2) is 18.2 Å². The number of benzene rings is 3. The predicted octanol–water partition coefficient (Wildman–Crippen LogP) is 6.87. The quantitative estimate of drug-likeness (QED) is 0.389. The SMILES string of the molecule is C.CCc1cc(C)c(C)c(C)c1N=Nc1c(O)c(C(=O)OC)cc2ccccc12. The number of hydrogen-bond donors (Lipinski definition) is 1. The summed E-state index contributed by atoms with van der Waals surface area (Å²) in [6.45, 7) is 8.25. The number of rotatable bonds is 4. The van der Waals surface area contributed by atoms with Gasteiger partial charge in [0.05, 0.1) is 12.8 Å². The Morgan fingerprint density at radius 2 is 1.69 bits per heavy atom. The van der Waals surface area contributed by atoms with Crippen molar-refractivity contribution < 1.29 is 14.6 Å². The van der Waals surface area contributed by atoms with Crippen LogP contribution in [0.5, 0.6) is 5.75 Å². The molecule has 0 amide bonds.